The Morgan fingerprint density at radius 1 is 1.47 bits per heavy atom. The molecule has 0 heterocycles. The van der Waals surface area contributed by atoms with Crippen LogP contribution in [0.4, 0.5) is 0 Å². The quantitative estimate of drug-likeness (QED) is 0.800. The summed E-state index contributed by atoms with van der Waals surface area (Å²) in [4.78, 5) is 11.6. The zero-order chi connectivity index (χ0) is 11.6. The summed E-state index contributed by atoms with van der Waals surface area (Å²) in [6, 6.07) is 4.73. The molecule has 0 N–H and O–H groups in total. The van der Waals surface area contributed by atoms with Crippen molar-refractivity contribution < 1.29 is 9.00 Å². The number of carbonyl (C=O) groups is 1. The van der Waals surface area contributed by atoms with Crippen LogP contribution in [0.2, 0.25) is 5.02 Å². The molecule has 0 unspecified atom stereocenters. The van der Waals surface area contributed by atoms with Crippen LogP contribution < -0.4 is 0 Å². The lowest BCUT2D eigenvalue weighted by molar-refractivity contribution is 0.100. The Bertz CT molecular complexity index is 513. The third-order valence-corrected chi connectivity index (χ3v) is 2.96. The van der Waals surface area contributed by atoms with Crippen LogP contribution in [-0.2, 0) is 9.73 Å². The van der Waals surface area contributed by atoms with E-state index in [-0.39, 0.29) is 0 Å². The largest absolute Gasteiger partial charge is 0.286 e. The first kappa shape index (κ1) is 12.7. The first-order valence-electron chi connectivity index (χ1n) is 3.96. The average Bonchev–Trinajstić information content (AvgIpc) is 1.99. The molecule has 0 aliphatic carbocycles. The van der Waals surface area contributed by atoms with E-state index < -0.39 is 15.6 Å². The van der Waals surface area contributed by atoms with E-state index in [1.807, 2.05) is 0 Å². The third kappa shape index (κ3) is 3.93. The smallest absolute Gasteiger partial charge is 0.266 e. The number of benzene rings is 1. The topological polar surface area (TPSA) is 46.5 Å². The van der Waals surface area contributed by atoms with E-state index in [0.717, 1.165) is 0 Å². The highest BCUT2D eigenvalue weighted by molar-refractivity contribution is 9.10. The standard InChI is InChI=1S/C9H9BrClNO2S/c1-15(2,14)12-9(13)7-4-3-6(11)5-8(7)10/h3-5H,1-2H3. The zero-order valence-corrected chi connectivity index (χ0v) is 11.3. The number of hydrogen-bond donors (Lipinski definition) is 0. The second-order valence-corrected chi connectivity index (χ2v) is 7.04. The fourth-order valence-electron chi connectivity index (χ4n) is 0.912. The molecule has 3 nitrogen and oxygen atoms in total. The monoisotopic (exact) mass is 309 g/mol. The minimum Gasteiger partial charge on any atom is -0.266 e. The first-order chi connectivity index (χ1) is 6.79. The molecule has 6 heteroatoms. The molecular weight excluding hydrogens is 302 g/mol. The SMILES string of the molecule is CS(C)(=O)=NC(=O)c1ccc(Cl)cc1Br. The Balaban J connectivity index is 3.20. The lowest BCUT2D eigenvalue weighted by Gasteiger charge is -2.00. The van der Waals surface area contributed by atoms with Gasteiger partial charge in [-0.2, -0.15) is 4.36 Å². The predicted octanol–water partition coefficient (Wildman–Crippen LogP) is 2.97. The molecule has 0 saturated carbocycles. The minimum atomic E-state index is -2.43. The van der Waals surface area contributed by atoms with Crippen LogP contribution in [0, 0.1) is 0 Å². The Morgan fingerprint density at radius 3 is 2.53 bits per heavy atom. The first-order valence-corrected chi connectivity index (χ1v) is 7.46. The maximum atomic E-state index is 11.6. The van der Waals surface area contributed by atoms with Crippen LogP contribution in [-0.4, -0.2) is 22.6 Å². The number of halogens is 2. The molecule has 1 amide bonds. The molecule has 0 bridgehead atoms. The molecule has 0 saturated heterocycles. The zero-order valence-electron chi connectivity index (χ0n) is 8.16. The van der Waals surface area contributed by atoms with Crippen molar-refractivity contribution in [2.24, 2.45) is 4.36 Å². The molecule has 15 heavy (non-hydrogen) atoms. The molecule has 0 radical (unpaired) electrons. The van der Waals surface area contributed by atoms with Gasteiger partial charge in [-0.1, -0.05) is 11.6 Å². The molecule has 0 spiro atoms. The summed E-state index contributed by atoms with van der Waals surface area (Å²) < 4.78 is 15.5. The second-order valence-electron chi connectivity index (χ2n) is 3.20. The van der Waals surface area contributed by atoms with Gasteiger partial charge in [-0.15, -0.1) is 0 Å². The van der Waals surface area contributed by atoms with Gasteiger partial charge in [0.1, 0.15) is 0 Å². The lowest BCUT2D eigenvalue weighted by Crippen LogP contribution is -2.01. The van der Waals surface area contributed by atoms with Crippen molar-refractivity contribution >= 4 is 43.2 Å². The molecule has 1 aromatic carbocycles. The highest BCUT2D eigenvalue weighted by Crippen LogP contribution is 2.22. The van der Waals surface area contributed by atoms with Gasteiger partial charge in [0.15, 0.2) is 0 Å². The van der Waals surface area contributed by atoms with Crippen molar-refractivity contribution in [1.82, 2.24) is 0 Å². The van der Waals surface area contributed by atoms with E-state index in [9.17, 15) is 9.00 Å². The molecular formula is C9H9BrClNO2S. The Hall–Kier alpha value is -0.390. The predicted molar refractivity (Wildman–Crippen MR) is 65.9 cm³/mol. The van der Waals surface area contributed by atoms with Crippen LogP contribution in [0.15, 0.2) is 27.0 Å². The highest BCUT2D eigenvalue weighted by Gasteiger charge is 2.10. The van der Waals surface area contributed by atoms with Gasteiger partial charge in [0.2, 0.25) is 0 Å². The van der Waals surface area contributed by atoms with Gasteiger partial charge in [-0.25, -0.2) is 4.21 Å². The summed E-state index contributed by atoms with van der Waals surface area (Å²) in [5, 5.41) is 0.521. The molecule has 1 aromatic rings. The summed E-state index contributed by atoms with van der Waals surface area (Å²) in [5.74, 6) is -0.506. The van der Waals surface area contributed by atoms with Gasteiger partial charge in [0.25, 0.3) is 5.91 Å². The van der Waals surface area contributed by atoms with Crippen molar-refractivity contribution in [3.8, 4) is 0 Å². The Morgan fingerprint density at radius 2 is 2.07 bits per heavy atom. The van der Waals surface area contributed by atoms with Crippen LogP contribution in [0.5, 0.6) is 0 Å². The van der Waals surface area contributed by atoms with Crippen LogP contribution in [0.1, 0.15) is 10.4 Å². The maximum Gasteiger partial charge on any atom is 0.286 e. The Kier molecular flexibility index (Phi) is 3.92. The van der Waals surface area contributed by atoms with Crippen LogP contribution in [0.3, 0.4) is 0 Å². The normalized spacial score (nSPS) is 11.2. The molecule has 1 rings (SSSR count). The van der Waals surface area contributed by atoms with Crippen molar-refractivity contribution in [2.75, 3.05) is 12.5 Å². The van der Waals surface area contributed by atoms with Crippen molar-refractivity contribution in [3.05, 3.63) is 33.3 Å². The van der Waals surface area contributed by atoms with E-state index in [0.29, 0.717) is 15.1 Å². The molecule has 0 fully saturated rings. The van der Waals surface area contributed by atoms with Crippen molar-refractivity contribution in [2.45, 2.75) is 0 Å². The summed E-state index contributed by atoms with van der Waals surface area (Å²) in [5.41, 5.74) is 0.357. The van der Waals surface area contributed by atoms with Crippen molar-refractivity contribution in [3.63, 3.8) is 0 Å². The fraction of sp³-hybridized carbons (Fsp3) is 0.222. The minimum absolute atomic E-state index is 0.357. The molecule has 0 aliphatic rings. The van der Waals surface area contributed by atoms with E-state index >= 15 is 0 Å². The van der Waals surface area contributed by atoms with E-state index in [1.165, 1.54) is 12.5 Å². The molecule has 0 aromatic heterocycles. The number of amides is 1. The van der Waals surface area contributed by atoms with Gasteiger partial charge >= 0.3 is 0 Å². The van der Waals surface area contributed by atoms with Gasteiger partial charge in [-0.3, -0.25) is 4.79 Å². The summed E-state index contributed by atoms with van der Waals surface area (Å²) in [6.07, 6.45) is 2.82. The third-order valence-electron chi connectivity index (χ3n) is 1.46. The number of carbonyl (C=O) groups excluding carboxylic acids is 1. The summed E-state index contributed by atoms with van der Waals surface area (Å²) >= 11 is 8.92. The summed E-state index contributed by atoms with van der Waals surface area (Å²) in [7, 11) is -2.43. The lowest BCUT2D eigenvalue weighted by atomic mass is 10.2. The fourth-order valence-corrected chi connectivity index (χ4v) is 2.26. The number of hydrogen-bond acceptors (Lipinski definition) is 2. The van der Waals surface area contributed by atoms with Gasteiger partial charge in [0, 0.05) is 31.7 Å². The molecule has 0 aliphatic heterocycles. The summed E-state index contributed by atoms with van der Waals surface area (Å²) in [6.45, 7) is 0. The Labute approximate surface area is 102 Å². The van der Waals surface area contributed by atoms with Gasteiger partial charge in [-0.05, 0) is 34.1 Å². The highest BCUT2D eigenvalue weighted by atomic mass is 79.9. The molecule has 82 valence electrons. The maximum absolute atomic E-state index is 11.6. The van der Waals surface area contributed by atoms with Crippen molar-refractivity contribution in [1.29, 1.82) is 0 Å². The van der Waals surface area contributed by atoms with Crippen LogP contribution in [0.25, 0.3) is 0 Å². The molecule has 0 atom stereocenters. The second kappa shape index (κ2) is 4.63. The number of nitrogens with zero attached hydrogens (tertiary/aromatic N) is 1. The number of rotatable bonds is 1. The average molecular weight is 311 g/mol. The van der Waals surface area contributed by atoms with Crippen LogP contribution >= 0.6 is 27.5 Å². The van der Waals surface area contributed by atoms with E-state index in [2.05, 4.69) is 20.3 Å². The van der Waals surface area contributed by atoms with E-state index in [1.54, 1.807) is 18.2 Å². The van der Waals surface area contributed by atoms with E-state index in [4.69, 9.17) is 11.6 Å². The van der Waals surface area contributed by atoms with Gasteiger partial charge < -0.3 is 0 Å². The van der Waals surface area contributed by atoms with Gasteiger partial charge in [0.05, 0.1) is 5.56 Å².